The van der Waals surface area contributed by atoms with E-state index in [0.717, 1.165) is 22.2 Å². The molecular weight excluding hydrogens is 354 g/mol. The van der Waals surface area contributed by atoms with Crippen molar-refractivity contribution in [1.29, 1.82) is 0 Å². The van der Waals surface area contributed by atoms with Gasteiger partial charge in [-0.2, -0.15) is 0 Å². The summed E-state index contributed by atoms with van der Waals surface area (Å²) in [5.41, 5.74) is 6.16. The minimum atomic E-state index is -0.733. The Morgan fingerprint density at radius 2 is 2.19 bits per heavy atom. The number of hydrogen-bond donors (Lipinski definition) is 3. The average Bonchev–Trinajstić information content (AvgIpc) is 2.80. The van der Waals surface area contributed by atoms with E-state index in [0.29, 0.717) is 23.6 Å². The molecular formula is C14H20BrN3O2S. The molecule has 116 valence electrons. The largest absolute Gasteiger partial charge is 0.409 e. The summed E-state index contributed by atoms with van der Waals surface area (Å²) in [6.45, 7) is 4.12. The normalized spacial score (nSPS) is 26.6. The smallest absolute Gasteiger partial charge is 0.262 e. The third-order valence-corrected chi connectivity index (χ3v) is 6.30. The van der Waals surface area contributed by atoms with Gasteiger partial charge in [-0.25, -0.2) is 0 Å². The molecule has 1 aliphatic carbocycles. The number of carbonyl (C=O) groups excluding carboxylic acids is 1. The van der Waals surface area contributed by atoms with Crippen molar-refractivity contribution in [2.24, 2.45) is 16.8 Å². The lowest BCUT2D eigenvalue weighted by molar-refractivity contribution is 0.0901. The highest BCUT2D eigenvalue weighted by atomic mass is 79.9. The number of nitrogens with two attached hydrogens (primary N) is 1. The van der Waals surface area contributed by atoms with E-state index in [1.807, 2.05) is 13.0 Å². The number of aryl methyl sites for hydroxylation is 1. The second-order valence-electron chi connectivity index (χ2n) is 5.77. The number of nitrogens with one attached hydrogen (secondary N) is 1. The molecule has 0 aliphatic heterocycles. The predicted molar refractivity (Wildman–Crippen MR) is 88.0 cm³/mol. The van der Waals surface area contributed by atoms with E-state index in [1.165, 1.54) is 11.3 Å². The fourth-order valence-corrected chi connectivity index (χ4v) is 4.08. The maximum Gasteiger partial charge on any atom is 0.262 e. The maximum atomic E-state index is 12.5. The van der Waals surface area contributed by atoms with E-state index in [9.17, 15) is 4.79 Å². The Morgan fingerprint density at radius 3 is 2.67 bits per heavy atom. The topological polar surface area (TPSA) is 87.7 Å². The Kier molecular flexibility index (Phi) is 4.93. The number of carbonyl (C=O) groups is 1. The molecule has 1 aliphatic rings. The second-order valence-corrected chi connectivity index (χ2v) is 8.14. The summed E-state index contributed by atoms with van der Waals surface area (Å²) in [5.74, 6) is 0.518. The van der Waals surface area contributed by atoms with Crippen LogP contribution in [0.3, 0.4) is 0 Å². The Labute approximate surface area is 136 Å². The number of thiophene rings is 1. The molecule has 0 bridgehead atoms. The molecule has 7 heteroatoms. The van der Waals surface area contributed by atoms with Crippen molar-refractivity contribution in [3.8, 4) is 0 Å². The summed E-state index contributed by atoms with van der Waals surface area (Å²) >= 11 is 4.81. The third-order valence-electron chi connectivity index (χ3n) is 4.16. The highest BCUT2D eigenvalue weighted by Gasteiger charge is 2.40. The van der Waals surface area contributed by atoms with Crippen LogP contribution in [0.5, 0.6) is 0 Å². The van der Waals surface area contributed by atoms with E-state index in [1.54, 1.807) is 0 Å². The summed E-state index contributed by atoms with van der Waals surface area (Å²) in [6.07, 6.45) is 3.29. The monoisotopic (exact) mass is 373 g/mol. The SMILES string of the molecule is Cc1cc(C(=O)NC2(C(N)=NO)CCC(C)CC2)sc1Br. The highest BCUT2D eigenvalue weighted by molar-refractivity contribution is 9.11. The van der Waals surface area contributed by atoms with Gasteiger partial charge in [0.1, 0.15) is 5.54 Å². The maximum absolute atomic E-state index is 12.5. The molecule has 0 saturated heterocycles. The minimum Gasteiger partial charge on any atom is -0.409 e. The number of nitrogens with zero attached hydrogens (tertiary/aromatic N) is 1. The lowest BCUT2D eigenvalue weighted by Gasteiger charge is -2.38. The quantitative estimate of drug-likeness (QED) is 0.329. The zero-order valence-corrected chi connectivity index (χ0v) is 14.6. The lowest BCUT2D eigenvalue weighted by Crippen LogP contribution is -2.59. The fourth-order valence-electron chi connectivity index (χ4n) is 2.65. The van der Waals surface area contributed by atoms with E-state index >= 15 is 0 Å². The molecule has 0 atom stereocenters. The number of halogens is 1. The number of amidine groups is 1. The van der Waals surface area contributed by atoms with Crippen LogP contribution in [-0.2, 0) is 0 Å². The van der Waals surface area contributed by atoms with Crippen molar-refractivity contribution in [3.63, 3.8) is 0 Å². The van der Waals surface area contributed by atoms with Gasteiger partial charge in [-0.3, -0.25) is 4.79 Å². The molecule has 1 aromatic rings. The van der Waals surface area contributed by atoms with Crippen LogP contribution in [0.2, 0.25) is 0 Å². The first kappa shape index (κ1) is 16.3. The van der Waals surface area contributed by atoms with E-state index in [-0.39, 0.29) is 11.7 Å². The molecule has 5 nitrogen and oxygen atoms in total. The van der Waals surface area contributed by atoms with Crippen LogP contribution in [0.25, 0.3) is 0 Å². The Balaban J connectivity index is 2.21. The van der Waals surface area contributed by atoms with Gasteiger partial charge in [0.05, 0.1) is 8.66 Å². The van der Waals surface area contributed by atoms with E-state index < -0.39 is 5.54 Å². The van der Waals surface area contributed by atoms with Crippen molar-refractivity contribution in [1.82, 2.24) is 5.32 Å². The highest BCUT2D eigenvalue weighted by Crippen LogP contribution is 2.33. The first-order valence-electron chi connectivity index (χ1n) is 6.94. The van der Waals surface area contributed by atoms with Gasteiger partial charge in [0.15, 0.2) is 5.84 Å². The molecule has 0 radical (unpaired) electrons. The van der Waals surface area contributed by atoms with Crippen LogP contribution in [0.15, 0.2) is 15.0 Å². The molecule has 1 amide bonds. The van der Waals surface area contributed by atoms with Crippen LogP contribution in [0.4, 0.5) is 0 Å². The van der Waals surface area contributed by atoms with Gasteiger partial charge in [-0.05, 0) is 66.1 Å². The molecule has 0 unspecified atom stereocenters. The summed E-state index contributed by atoms with van der Waals surface area (Å²) in [6, 6.07) is 1.84. The summed E-state index contributed by atoms with van der Waals surface area (Å²) in [4.78, 5) is 13.1. The molecule has 0 spiro atoms. The fraction of sp³-hybridized carbons (Fsp3) is 0.571. The van der Waals surface area contributed by atoms with Gasteiger partial charge < -0.3 is 16.3 Å². The molecule has 4 N–H and O–H groups in total. The van der Waals surface area contributed by atoms with Crippen molar-refractivity contribution in [2.75, 3.05) is 0 Å². The number of hydrogen-bond acceptors (Lipinski definition) is 4. The average molecular weight is 374 g/mol. The predicted octanol–water partition coefficient (Wildman–Crippen LogP) is 3.24. The molecule has 1 fully saturated rings. The molecule has 1 aromatic heterocycles. The van der Waals surface area contributed by atoms with E-state index in [2.05, 4.69) is 33.3 Å². The van der Waals surface area contributed by atoms with Gasteiger partial charge in [0.2, 0.25) is 0 Å². The van der Waals surface area contributed by atoms with E-state index in [4.69, 9.17) is 10.9 Å². The number of amides is 1. The molecule has 2 rings (SSSR count). The zero-order chi connectivity index (χ0) is 15.6. The number of oxime groups is 1. The Hall–Kier alpha value is -1.08. The molecule has 21 heavy (non-hydrogen) atoms. The Bertz CT molecular complexity index is 543. The van der Waals surface area contributed by atoms with Crippen LogP contribution < -0.4 is 11.1 Å². The van der Waals surface area contributed by atoms with Gasteiger partial charge in [0, 0.05) is 0 Å². The van der Waals surface area contributed by atoms with Gasteiger partial charge in [-0.1, -0.05) is 12.1 Å². The van der Waals surface area contributed by atoms with Crippen molar-refractivity contribution < 1.29 is 10.0 Å². The van der Waals surface area contributed by atoms with Crippen molar-refractivity contribution in [2.45, 2.75) is 45.1 Å². The van der Waals surface area contributed by atoms with Crippen LogP contribution >= 0.6 is 27.3 Å². The minimum absolute atomic E-state index is 0.0927. The second kappa shape index (κ2) is 6.36. The lowest BCUT2D eigenvalue weighted by atomic mass is 9.76. The first-order valence-corrected chi connectivity index (χ1v) is 8.55. The third kappa shape index (κ3) is 3.40. The first-order chi connectivity index (χ1) is 9.88. The zero-order valence-electron chi connectivity index (χ0n) is 12.1. The summed E-state index contributed by atoms with van der Waals surface area (Å²) < 4.78 is 0.947. The van der Waals surface area contributed by atoms with Crippen molar-refractivity contribution in [3.05, 3.63) is 20.3 Å². The van der Waals surface area contributed by atoms with Crippen LogP contribution in [0.1, 0.15) is 47.8 Å². The summed E-state index contributed by atoms with van der Waals surface area (Å²) in [7, 11) is 0. The van der Waals surface area contributed by atoms with Gasteiger partial charge >= 0.3 is 0 Å². The summed E-state index contributed by atoms with van der Waals surface area (Å²) in [5, 5.41) is 15.2. The van der Waals surface area contributed by atoms with Crippen LogP contribution in [-0.4, -0.2) is 22.5 Å². The number of rotatable bonds is 3. The Morgan fingerprint density at radius 1 is 1.57 bits per heavy atom. The standard InChI is InChI=1S/C14H20BrN3O2S/c1-8-3-5-14(6-4-8,13(16)18-20)17-12(19)10-7-9(2)11(15)21-10/h7-8,20H,3-6H2,1-2H3,(H2,16,18)(H,17,19). The van der Waals surface area contributed by atoms with Gasteiger partial charge in [0.25, 0.3) is 5.91 Å². The molecule has 0 aromatic carbocycles. The van der Waals surface area contributed by atoms with Crippen molar-refractivity contribution >= 4 is 39.0 Å². The van der Waals surface area contributed by atoms with Crippen LogP contribution in [0, 0.1) is 12.8 Å². The molecule has 1 saturated carbocycles. The molecule has 1 heterocycles. The van der Waals surface area contributed by atoms with Gasteiger partial charge in [-0.15, -0.1) is 11.3 Å².